The molecule has 24 heavy (non-hydrogen) atoms. The summed E-state index contributed by atoms with van der Waals surface area (Å²) in [6.45, 7) is 2.86. The zero-order chi connectivity index (χ0) is 18.1. The van der Waals surface area contributed by atoms with Crippen molar-refractivity contribution in [2.24, 2.45) is 0 Å². The second kappa shape index (κ2) is 6.45. The number of nitro benzene ring substituents is 1. The number of aromatic nitrogens is 1. The fourth-order valence-electron chi connectivity index (χ4n) is 1.77. The predicted octanol–water partition coefficient (Wildman–Crippen LogP) is 3.06. The Morgan fingerprint density at radius 2 is 1.88 bits per heavy atom. The fourth-order valence-corrected chi connectivity index (χ4v) is 4.30. The van der Waals surface area contributed by atoms with Gasteiger partial charge in [0.15, 0.2) is 0 Å². The molecule has 126 valence electrons. The number of hydrogen-bond acceptors (Lipinski definition) is 8. The maximum Gasteiger partial charge on any atom is 0.271 e. The van der Waals surface area contributed by atoms with Crippen molar-refractivity contribution < 1.29 is 18.3 Å². The normalized spacial score (nSPS) is 13.2. The molecule has 0 unspecified atom stereocenters. The van der Waals surface area contributed by atoms with Gasteiger partial charge in [-0.1, -0.05) is 0 Å². The van der Waals surface area contributed by atoms with Crippen molar-refractivity contribution in [2.45, 2.75) is 18.2 Å². The third-order valence-electron chi connectivity index (χ3n) is 3.06. The van der Waals surface area contributed by atoms with Crippen molar-refractivity contribution in [1.29, 1.82) is 0 Å². The number of nitrogens with zero attached hydrogens (tertiary/aromatic N) is 3. The van der Waals surface area contributed by atoms with Crippen molar-refractivity contribution in [1.82, 2.24) is 4.98 Å². The van der Waals surface area contributed by atoms with E-state index in [9.17, 15) is 28.6 Å². The van der Waals surface area contributed by atoms with Crippen LogP contribution >= 0.6 is 11.3 Å². The molecule has 11 heteroatoms. The first kappa shape index (κ1) is 17.7. The van der Waals surface area contributed by atoms with Gasteiger partial charge in [-0.15, -0.1) is 11.3 Å². The number of benzene rings is 1. The van der Waals surface area contributed by atoms with Crippen molar-refractivity contribution in [3.63, 3.8) is 0 Å². The SMILES string of the molecule is CC(=C[N+](=O)[O-])C(C)=CS(=O)(=O)c1nc2cc([N+](=O)[O-])ccc2s1. The molecule has 0 aliphatic carbocycles. The lowest BCUT2D eigenvalue weighted by molar-refractivity contribution is -0.403. The van der Waals surface area contributed by atoms with Crippen LogP contribution in [0.2, 0.25) is 0 Å². The zero-order valence-electron chi connectivity index (χ0n) is 12.5. The van der Waals surface area contributed by atoms with Gasteiger partial charge in [0.25, 0.3) is 5.69 Å². The maximum atomic E-state index is 12.4. The van der Waals surface area contributed by atoms with Gasteiger partial charge in [-0.25, -0.2) is 13.4 Å². The highest BCUT2D eigenvalue weighted by molar-refractivity contribution is 7.96. The van der Waals surface area contributed by atoms with Gasteiger partial charge in [-0.3, -0.25) is 20.2 Å². The third-order valence-corrected chi connectivity index (χ3v) is 6.08. The van der Waals surface area contributed by atoms with Crippen LogP contribution in [-0.2, 0) is 9.84 Å². The van der Waals surface area contributed by atoms with Crippen LogP contribution in [0.3, 0.4) is 0 Å². The number of hydrogen-bond donors (Lipinski definition) is 0. The lowest BCUT2D eigenvalue weighted by Crippen LogP contribution is -1.98. The van der Waals surface area contributed by atoms with Crippen molar-refractivity contribution >= 4 is 37.1 Å². The molecule has 0 amide bonds. The molecular weight excluding hydrogens is 358 g/mol. The molecule has 1 aromatic carbocycles. The minimum absolute atomic E-state index is 0.187. The lowest BCUT2D eigenvalue weighted by atomic mass is 10.2. The first-order valence-corrected chi connectivity index (χ1v) is 8.77. The van der Waals surface area contributed by atoms with Gasteiger partial charge in [0.05, 0.1) is 20.1 Å². The van der Waals surface area contributed by atoms with Gasteiger partial charge < -0.3 is 0 Å². The highest BCUT2D eigenvalue weighted by Gasteiger charge is 2.19. The van der Waals surface area contributed by atoms with E-state index in [0.717, 1.165) is 16.7 Å². The second-order valence-corrected chi connectivity index (χ2v) is 7.83. The molecule has 2 rings (SSSR count). The molecule has 2 aromatic rings. The van der Waals surface area contributed by atoms with Crippen molar-refractivity contribution in [2.75, 3.05) is 0 Å². The Morgan fingerprint density at radius 1 is 1.21 bits per heavy atom. The average Bonchev–Trinajstić information content (AvgIpc) is 2.89. The number of sulfone groups is 1. The van der Waals surface area contributed by atoms with E-state index >= 15 is 0 Å². The Morgan fingerprint density at radius 3 is 2.46 bits per heavy atom. The van der Waals surface area contributed by atoms with Gasteiger partial charge in [-0.05, 0) is 25.5 Å². The largest absolute Gasteiger partial charge is 0.271 e. The zero-order valence-corrected chi connectivity index (χ0v) is 14.1. The molecule has 0 aliphatic heterocycles. The first-order chi connectivity index (χ1) is 11.1. The van der Waals surface area contributed by atoms with Gasteiger partial charge in [-0.2, -0.15) is 0 Å². The molecule has 1 aromatic heterocycles. The number of rotatable bonds is 5. The summed E-state index contributed by atoms with van der Waals surface area (Å²) in [4.78, 5) is 23.9. The number of thiazole rings is 1. The predicted molar refractivity (Wildman–Crippen MR) is 88.0 cm³/mol. The molecule has 0 saturated heterocycles. The topological polar surface area (TPSA) is 133 Å². The minimum Gasteiger partial charge on any atom is -0.259 e. The number of nitro groups is 2. The van der Waals surface area contributed by atoms with Crippen LogP contribution in [0.1, 0.15) is 13.8 Å². The van der Waals surface area contributed by atoms with Crippen LogP contribution in [0.4, 0.5) is 5.69 Å². The van der Waals surface area contributed by atoms with E-state index in [0.29, 0.717) is 10.9 Å². The molecular formula is C13H11N3O6S2. The van der Waals surface area contributed by atoms with E-state index < -0.39 is 19.7 Å². The molecule has 0 bridgehead atoms. The highest BCUT2D eigenvalue weighted by Crippen LogP contribution is 2.30. The van der Waals surface area contributed by atoms with E-state index in [1.807, 2.05) is 0 Å². The monoisotopic (exact) mass is 369 g/mol. The summed E-state index contributed by atoms with van der Waals surface area (Å²) >= 11 is 0.873. The molecule has 9 nitrogen and oxygen atoms in total. The van der Waals surface area contributed by atoms with Gasteiger partial charge in [0, 0.05) is 23.1 Å². The number of fused-ring (bicyclic) bond motifs is 1. The quantitative estimate of drug-likeness (QED) is 0.449. The Bertz CT molecular complexity index is 1000. The maximum absolute atomic E-state index is 12.4. The van der Waals surface area contributed by atoms with Gasteiger partial charge in [0.1, 0.15) is 0 Å². The number of allylic oxidation sites excluding steroid dienone is 2. The summed E-state index contributed by atoms with van der Waals surface area (Å²) in [7, 11) is -3.92. The Labute approximate surface area is 140 Å². The fraction of sp³-hybridized carbons (Fsp3) is 0.154. The van der Waals surface area contributed by atoms with E-state index in [2.05, 4.69) is 4.98 Å². The van der Waals surface area contributed by atoms with Crippen molar-refractivity contribution in [3.8, 4) is 0 Å². The standard InChI is InChI=1S/C13H11N3O6S2/c1-8(6-15(17)18)9(2)7-24(21,22)13-14-11-5-10(16(19)20)3-4-12(11)23-13/h3-7H,1-2H3. The molecule has 0 radical (unpaired) electrons. The molecule has 0 N–H and O–H groups in total. The molecule has 0 saturated carbocycles. The van der Waals surface area contributed by atoms with E-state index in [-0.39, 0.29) is 26.7 Å². The van der Waals surface area contributed by atoms with Crippen LogP contribution in [0.15, 0.2) is 45.3 Å². The van der Waals surface area contributed by atoms with Crippen LogP contribution in [0, 0.1) is 20.2 Å². The molecule has 0 atom stereocenters. The van der Waals surface area contributed by atoms with Crippen LogP contribution in [0.25, 0.3) is 10.2 Å². The highest BCUT2D eigenvalue weighted by atomic mass is 32.2. The molecule has 0 spiro atoms. The second-order valence-electron chi connectivity index (χ2n) is 4.83. The lowest BCUT2D eigenvalue weighted by Gasteiger charge is -1.98. The number of non-ortho nitro benzene ring substituents is 1. The molecule has 1 heterocycles. The summed E-state index contributed by atoms with van der Waals surface area (Å²) in [6, 6.07) is 3.89. The smallest absolute Gasteiger partial charge is 0.259 e. The Balaban J connectivity index is 2.48. The molecule has 0 fully saturated rings. The minimum atomic E-state index is -3.92. The van der Waals surface area contributed by atoms with E-state index in [1.165, 1.54) is 32.0 Å². The summed E-state index contributed by atoms with van der Waals surface area (Å²) in [5.74, 6) is 0. The first-order valence-electron chi connectivity index (χ1n) is 6.41. The molecule has 0 aliphatic rings. The third kappa shape index (κ3) is 3.81. The Hall–Kier alpha value is -2.66. The van der Waals surface area contributed by atoms with Crippen molar-refractivity contribution in [3.05, 3.63) is 61.2 Å². The van der Waals surface area contributed by atoms with Crippen LogP contribution < -0.4 is 0 Å². The summed E-state index contributed by atoms with van der Waals surface area (Å²) in [5, 5.41) is 22.1. The summed E-state index contributed by atoms with van der Waals surface area (Å²) in [6.07, 6.45) is 0.711. The van der Waals surface area contributed by atoms with E-state index in [1.54, 1.807) is 0 Å². The van der Waals surface area contributed by atoms with E-state index in [4.69, 9.17) is 0 Å². The van der Waals surface area contributed by atoms with Crippen LogP contribution in [-0.4, -0.2) is 23.2 Å². The summed E-state index contributed by atoms with van der Waals surface area (Å²) < 4.78 is 25.0. The van der Waals surface area contributed by atoms with Gasteiger partial charge >= 0.3 is 0 Å². The summed E-state index contributed by atoms with van der Waals surface area (Å²) in [5.41, 5.74) is 0.418. The van der Waals surface area contributed by atoms with Gasteiger partial charge in [0.2, 0.25) is 20.4 Å². The Kier molecular flexibility index (Phi) is 4.76. The van der Waals surface area contributed by atoms with Crippen LogP contribution in [0.5, 0.6) is 0 Å². The average molecular weight is 369 g/mol.